The Hall–Kier alpha value is -2.20. The van der Waals surface area contributed by atoms with Gasteiger partial charge in [0, 0.05) is 24.7 Å². The first kappa shape index (κ1) is 15.3. The van der Waals surface area contributed by atoms with Crippen LogP contribution >= 0.6 is 11.3 Å². The highest BCUT2D eigenvalue weighted by molar-refractivity contribution is 7.22. The molecule has 1 N–H and O–H groups in total. The van der Waals surface area contributed by atoms with Gasteiger partial charge in [0.15, 0.2) is 10.9 Å². The molecule has 2 aromatic rings. The van der Waals surface area contributed by atoms with Crippen LogP contribution in [0, 0.1) is 23.2 Å². The van der Waals surface area contributed by atoms with Gasteiger partial charge in [-0.1, -0.05) is 11.3 Å². The van der Waals surface area contributed by atoms with Gasteiger partial charge in [0.25, 0.3) is 0 Å². The van der Waals surface area contributed by atoms with Crippen molar-refractivity contribution in [3.8, 4) is 6.07 Å². The summed E-state index contributed by atoms with van der Waals surface area (Å²) in [6.07, 6.45) is 5.57. The molecular formula is C17H19N5OS. The number of nitriles is 1. The van der Waals surface area contributed by atoms with Crippen LogP contribution in [0.2, 0.25) is 0 Å². The van der Waals surface area contributed by atoms with E-state index in [2.05, 4.69) is 28.2 Å². The average molecular weight is 341 g/mol. The number of hydrogen-bond acceptors (Lipinski definition) is 6. The number of nitrogens with zero attached hydrogens (tertiary/aromatic N) is 4. The summed E-state index contributed by atoms with van der Waals surface area (Å²) in [7, 11) is 0. The summed E-state index contributed by atoms with van der Waals surface area (Å²) in [4.78, 5) is 23.3. The summed E-state index contributed by atoms with van der Waals surface area (Å²) in [5, 5.41) is 13.1. The number of rotatable bonds is 3. The van der Waals surface area contributed by atoms with E-state index >= 15 is 0 Å². The number of piperidine rings is 1. The molecule has 6 nitrogen and oxygen atoms in total. The van der Waals surface area contributed by atoms with E-state index in [0.29, 0.717) is 18.4 Å². The summed E-state index contributed by atoms with van der Waals surface area (Å²) < 4.78 is 0.910. The standard InChI is InChI=1S/C17H19N5OS/c1-10-2-3-11(8-18)9-22(10)17-20-13-6-7-19-15(14(13)24-17)21-16(23)12-4-5-12/h6-7,10-12H,2-5,9H2,1H3,(H,19,21,23)/t10-,11+/m0/s1. The quantitative estimate of drug-likeness (QED) is 0.927. The van der Waals surface area contributed by atoms with Crippen LogP contribution in [-0.2, 0) is 4.79 Å². The highest BCUT2D eigenvalue weighted by atomic mass is 32.1. The first-order chi connectivity index (χ1) is 11.7. The Balaban J connectivity index is 1.65. The van der Waals surface area contributed by atoms with Gasteiger partial charge in [-0.25, -0.2) is 9.97 Å². The minimum atomic E-state index is 0.0559. The van der Waals surface area contributed by atoms with Crippen LogP contribution in [0.5, 0.6) is 0 Å². The second-order valence-electron chi connectivity index (χ2n) is 6.67. The number of pyridine rings is 1. The molecule has 124 valence electrons. The zero-order valence-electron chi connectivity index (χ0n) is 13.5. The van der Waals surface area contributed by atoms with Gasteiger partial charge in [-0.05, 0) is 38.7 Å². The van der Waals surface area contributed by atoms with Gasteiger partial charge in [0.05, 0.1) is 22.2 Å². The highest BCUT2D eigenvalue weighted by Crippen LogP contribution is 2.37. The molecule has 2 aliphatic rings. The molecule has 1 aliphatic heterocycles. The van der Waals surface area contributed by atoms with Crippen molar-refractivity contribution < 1.29 is 4.79 Å². The molecule has 7 heteroatoms. The largest absolute Gasteiger partial charge is 0.344 e. The number of carbonyl (C=O) groups is 1. The lowest BCUT2D eigenvalue weighted by Crippen LogP contribution is -2.41. The molecule has 0 aromatic carbocycles. The van der Waals surface area contributed by atoms with Crippen LogP contribution in [0.3, 0.4) is 0 Å². The maximum atomic E-state index is 12.0. The molecule has 1 aliphatic carbocycles. The number of hydrogen-bond donors (Lipinski definition) is 1. The number of carbonyl (C=O) groups excluding carboxylic acids is 1. The van der Waals surface area contributed by atoms with Gasteiger partial charge < -0.3 is 10.2 Å². The fraction of sp³-hybridized carbons (Fsp3) is 0.529. The van der Waals surface area contributed by atoms with Gasteiger partial charge in [-0.15, -0.1) is 0 Å². The minimum absolute atomic E-state index is 0.0559. The summed E-state index contributed by atoms with van der Waals surface area (Å²) >= 11 is 1.55. The number of amides is 1. The average Bonchev–Trinajstić information content (AvgIpc) is 3.35. The third-order valence-corrected chi connectivity index (χ3v) is 5.91. The van der Waals surface area contributed by atoms with Gasteiger partial charge in [0.2, 0.25) is 5.91 Å². The lowest BCUT2D eigenvalue weighted by Gasteiger charge is -2.35. The monoisotopic (exact) mass is 341 g/mol. The molecule has 1 saturated heterocycles. The Bertz CT molecular complexity index is 822. The molecular weight excluding hydrogens is 322 g/mol. The fourth-order valence-corrected chi connectivity index (χ4v) is 4.22. The van der Waals surface area contributed by atoms with Gasteiger partial charge in [0.1, 0.15) is 0 Å². The molecule has 0 unspecified atom stereocenters. The normalized spacial score (nSPS) is 23.9. The summed E-state index contributed by atoms with van der Waals surface area (Å²) in [5.74, 6) is 0.865. The maximum Gasteiger partial charge on any atom is 0.228 e. The highest BCUT2D eigenvalue weighted by Gasteiger charge is 2.31. The third-order valence-electron chi connectivity index (χ3n) is 4.79. The number of anilines is 2. The van der Waals surface area contributed by atoms with E-state index in [4.69, 9.17) is 4.98 Å². The van der Waals surface area contributed by atoms with Crippen LogP contribution in [0.1, 0.15) is 32.6 Å². The molecule has 2 aromatic heterocycles. The van der Waals surface area contributed by atoms with Crippen molar-refractivity contribution >= 4 is 38.4 Å². The van der Waals surface area contributed by atoms with E-state index in [9.17, 15) is 10.1 Å². The van der Waals surface area contributed by atoms with Crippen molar-refractivity contribution in [1.29, 1.82) is 5.26 Å². The number of thiazole rings is 1. The maximum absolute atomic E-state index is 12.0. The van der Waals surface area contributed by atoms with Crippen molar-refractivity contribution in [1.82, 2.24) is 9.97 Å². The second kappa shape index (κ2) is 6.02. The van der Waals surface area contributed by atoms with E-state index in [1.807, 2.05) is 6.07 Å². The zero-order chi connectivity index (χ0) is 16.7. The van der Waals surface area contributed by atoms with Crippen molar-refractivity contribution in [2.24, 2.45) is 11.8 Å². The smallest absolute Gasteiger partial charge is 0.228 e. The van der Waals surface area contributed by atoms with Crippen LogP contribution < -0.4 is 10.2 Å². The molecule has 2 atom stereocenters. The molecule has 0 radical (unpaired) electrons. The second-order valence-corrected chi connectivity index (χ2v) is 7.65. The molecule has 24 heavy (non-hydrogen) atoms. The molecule has 2 fully saturated rings. The fourth-order valence-electron chi connectivity index (χ4n) is 3.10. The first-order valence-electron chi connectivity index (χ1n) is 8.38. The van der Waals surface area contributed by atoms with Gasteiger partial charge >= 0.3 is 0 Å². The Morgan fingerprint density at radius 2 is 2.25 bits per heavy atom. The van der Waals surface area contributed by atoms with Gasteiger partial charge in [-0.3, -0.25) is 4.79 Å². The number of nitrogens with one attached hydrogen (secondary N) is 1. The Kier molecular flexibility index (Phi) is 3.85. The topological polar surface area (TPSA) is 81.9 Å². The van der Waals surface area contributed by atoms with E-state index in [1.165, 1.54) is 0 Å². The molecule has 0 spiro atoms. The van der Waals surface area contributed by atoms with Crippen LogP contribution in [0.4, 0.5) is 10.9 Å². The zero-order valence-corrected chi connectivity index (χ0v) is 14.3. The Morgan fingerprint density at radius 1 is 1.42 bits per heavy atom. The molecule has 1 amide bonds. The summed E-state index contributed by atoms with van der Waals surface area (Å²) in [5.41, 5.74) is 0.849. The molecule has 4 rings (SSSR count). The van der Waals surface area contributed by atoms with E-state index in [-0.39, 0.29) is 17.7 Å². The lowest BCUT2D eigenvalue weighted by molar-refractivity contribution is -0.117. The van der Waals surface area contributed by atoms with Gasteiger partial charge in [-0.2, -0.15) is 5.26 Å². The summed E-state index contributed by atoms with van der Waals surface area (Å²) in [6.45, 7) is 2.89. The molecule has 0 bridgehead atoms. The van der Waals surface area contributed by atoms with Crippen molar-refractivity contribution in [2.45, 2.75) is 38.6 Å². The van der Waals surface area contributed by atoms with E-state index < -0.39 is 0 Å². The third kappa shape index (κ3) is 2.82. The van der Waals surface area contributed by atoms with Crippen molar-refractivity contribution in [3.05, 3.63) is 12.3 Å². The SMILES string of the molecule is C[C@H]1CC[C@H](C#N)CN1c1nc2ccnc(NC(=O)C3CC3)c2s1. The number of aromatic nitrogens is 2. The number of fused-ring (bicyclic) bond motifs is 1. The van der Waals surface area contributed by atoms with Crippen molar-refractivity contribution in [2.75, 3.05) is 16.8 Å². The molecule has 1 saturated carbocycles. The predicted octanol–water partition coefficient (Wildman–Crippen LogP) is 3.17. The Morgan fingerprint density at radius 3 is 3.00 bits per heavy atom. The van der Waals surface area contributed by atoms with Crippen LogP contribution in [-0.4, -0.2) is 28.5 Å². The van der Waals surface area contributed by atoms with E-state index in [1.54, 1.807) is 17.5 Å². The van der Waals surface area contributed by atoms with E-state index in [0.717, 1.165) is 41.0 Å². The van der Waals surface area contributed by atoms with Crippen LogP contribution in [0.25, 0.3) is 10.2 Å². The van der Waals surface area contributed by atoms with Crippen LogP contribution in [0.15, 0.2) is 12.3 Å². The Labute approximate surface area is 144 Å². The minimum Gasteiger partial charge on any atom is -0.344 e. The molecule has 3 heterocycles. The summed E-state index contributed by atoms with van der Waals surface area (Å²) in [6, 6.07) is 4.62. The van der Waals surface area contributed by atoms with Crippen molar-refractivity contribution in [3.63, 3.8) is 0 Å². The lowest BCUT2D eigenvalue weighted by atomic mass is 9.95. The predicted molar refractivity (Wildman–Crippen MR) is 93.9 cm³/mol. The first-order valence-corrected chi connectivity index (χ1v) is 9.20.